The minimum Gasteiger partial charge on any atom is -0.361 e. The quantitative estimate of drug-likeness (QED) is 0.0188. The Balaban J connectivity index is 0.000000771. The minimum absolute atomic E-state index is 0.0516. The van der Waals surface area contributed by atoms with Gasteiger partial charge in [0.1, 0.15) is 51.8 Å². The molecule has 0 radical (unpaired) electrons. The van der Waals surface area contributed by atoms with Crippen LogP contribution in [-0.2, 0) is 57.8 Å². The van der Waals surface area contributed by atoms with Gasteiger partial charge in [-0.2, -0.15) is 0 Å². The SMILES string of the molecule is CCc1cc(C(=O)NC(C)(C)C(C)(C)N)no1.CCc1cc(C(=O)NC(C)(C)CN)no1.CCc1cc(C(=O)NC(C)C(C)(C)N)no1.CCc1cc(C(=O)NC(C)C(C)N)no1.CCc1cc(C(=O)NC(C)CN)no1.CCc1cc(C(=O)NCC(C)(C)CN)no1.CCc1cc(C(=O)NCC(C)(C)N)no1.CCc1cc(C(=O)NCC(C)CN)no1.CCc1cc(C(=O)NCC(C)N)no1. The molecule has 9 aromatic rings. The highest BCUT2D eigenvalue weighted by Crippen LogP contribution is 2.20. The molecule has 0 aliphatic rings. The molecule has 768 valence electrons. The Kier molecular flexibility index (Phi) is 54.1. The van der Waals surface area contributed by atoms with Gasteiger partial charge in [0.05, 0.1) is 5.54 Å². The van der Waals surface area contributed by atoms with Crippen LogP contribution in [-0.4, -0.2) is 210 Å². The van der Waals surface area contributed by atoms with Gasteiger partial charge in [0.15, 0.2) is 51.2 Å². The number of rotatable bonds is 38. The van der Waals surface area contributed by atoms with Crippen LogP contribution in [0.5, 0.6) is 0 Å². The summed E-state index contributed by atoms with van der Waals surface area (Å²) in [5.74, 6) is 4.41. The number of carbonyl (C=O) groups excluding carboxylic acids is 9. The van der Waals surface area contributed by atoms with Crippen LogP contribution >= 0.6 is 0 Å². The summed E-state index contributed by atoms with van der Waals surface area (Å²) in [5.41, 5.74) is 50.9. The molecule has 6 atom stereocenters. The number of hydrogen-bond donors (Lipinski definition) is 18. The summed E-state index contributed by atoms with van der Waals surface area (Å²) < 4.78 is 44.5. The first-order valence-corrected chi connectivity index (χ1v) is 45.9. The highest BCUT2D eigenvalue weighted by Gasteiger charge is 2.36. The van der Waals surface area contributed by atoms with E-state index >= 15 is 0 Å². The predicted molar refractivity (Wildman–Crippen MR) is 517 cm³/mol. The highest BCUT2D eigenvalue weighted by atomic mass is 16.5. The van der Waals surface area contributed by atoms with Gasteiger partial charge in [0.25, 0.3) is 53.2 Å². The molecule has 6 unspecified atom stereocenters. The Morgan fingerprint density at radius 2 is 0.591 bits per heavy atom. The molecule has 0 aliphatic heterocycles. The van der Waals surface area contributed by atoms with Crippen LogP contribution in [0.3, 0.4) is 0 Å². The molecule has 27 N–H and O–H groups in total. The lowest BCUT2D eigenvalue weighted by atomic mass is 9.83. The van der Waals surface area contributed by atoms with Gasteiger partial charge in [-0.15, -0.1) is 0 Å². The van der Waals surface area contributed by atoms with Crippen molar-refractivity contribution in [2.75, 3.05) is 52.4 Å². The Hall–Kier alpha value is -12.2. The molecular weight excluding hydrogens is 1770 g/mol. The number of nitrogens with two attached hydrogens (primary N) is 9. The molecule has 0 spiro atoms. The molecule has 0 fully saturated rings. The molecule has 45 nitrogen and oxygen atoms in total. The third kappa shape index (κ3) is 47.9. The summed E-state index contributed by atoms with van der Waals surface area (Å²) in [7, 11) is 0. The summed E-state index contributed by atoms with van der Waals surface area (Å²) in [4.78, 5) is 105. The van der Waals surface area contributed by atoms with E-state index in [0.29, 0.717) is 162 Å². The number of hydrogen-bond acceptors (Lipinski definition) is 36. The molecule has 9 aromatic heterocycles. The van der Waals surface area contributed by atoms with Gasteiger partial charge in [0, 0.05) is 204 Å². The maximum Gasteiger partial charge on any atom is 0.273 e. The van der Waals surface area contributed by atoms with Crippen molar-refractivity contribution < 1.29 is 83.9 Å². The molecule has 45 heteroatoms. The Labute approximate surface area is 803 Å². The summed E-state index contributed by atoms with van der Waals surface area (Å²) >= 11 is 0. The maximum absolute atomic E-state index is 11.9. The summed E-state index contributed by atoms with van der Waals surface area (Å²) in [6.07, 6.45) is 6.53. The fourth-order valence-corrected chi connectivity index (χ4v) is 9.10. The average molecular weight is 1930 g/mol. The topological polar surface area (TPSA) is 730 Å². The first-order valence-electron chi connectivity index (χ1n) is 45.9. The van der Waals surface area contributed by atoms with Crippen LogP contribution in [0.25, 0.3) is 0 Å². The van der Waals surface area contributed by atoms with Crippen molar-refractivity contribution in [1.82, 2.24) is 94.3 Å². The number of nitrogens with zero attached hydrogens (tertiary/aromatic N) is 9. The van der Waals surface area contributed by atoms with E-state index in [2.05, 4.69) is 94.3 Å². The Bertz CT molecular complexity index is 5010. The number of carbonyl (C=O) groups is 9. The van der Waals surface area contributed by atoms with E-state index < -0.39 is 27.7 Å². The van der Waals surface area contributed by atoms with Gasteiger partial charge < -0.3 is 140 Å². The third-order valence-electron chi connectivity index (χ3n) is 20.2. The molecule has 9 rings (SSSR count). The van der Waals surface area contributed by atoms with E-state index in [0.717, 1.165) is 51.4 Å². The Morgan fingerprint density at radius 1 is 0.328 bits per heavy atom. The van der Waals surface area contributed by atoms with Crippen molar-refractivity contribution >= 4 is 53.2 Å². The van der Waals surface area contributed by atoms with E-state index in [4.69, 9.17) is 92.3 Å². The van der Waals surface area contributed by atoms with Crippen molar-refractivity contribution in [1.29, 1.82) is 0 Å². The first kappa shape index (κ1) is 123. The molecule has 9 amide bonds. The summed E-state index contributed by atoms with van der Waals surface area (Å²) in [6.45, 7) is 55.0. The third-order valence-corrected chi connectivity index (χ3v) is 20.2. The van der Waals surface area contributed by atoms with Crippen LogP contribution in [0.4, 0.5) is 0 Å². The normalized spacial score (nSPS) is 12.5. The molecule has 0 saturated heterocycles. The first-order chi connectivity index (χ1) is 63.9. The zero-order chi connectivity index (χ0) is 105. The van der Waals surface area contributed by atoms with E-state index in [9.17, 15) is 43.2 Å². The molecular formula is C92H157N27O18. The lowest BCUT2D eigenvalue weighted by Gasteiger charge is -2.38. The summed E-state index contributed by atoms with van der Waals surface area (Å²) in [5, 5.41) is 57.8. The second-order valence-corrected chi connectivity index (χ2v) is 36.3. The van der Waals surface area contributed by atoms with Gasteiger partial charge in [-0.25, -0.2) is 0 Å². The second kappa shape index (κ2) is 60.4. The molecule has 137 heavy (non-hydrogen) atoms. The summed E-state index contributed by atoms with van der Waals surface area (Å²) in [6, 6.07) is 14.4. The zero-order valence-electron chi connectivity index (χ0n) is 85.3. The number of aromatic nitrogens is 9. The van der Waals surface area contributed by atoms with Crippen molar-refractivity contribution in [3.63, 3.8) is 0 Å². The van der Waals surface area contributed by atoms with Crippen LogP contribution in [0.2, 0.25) is 0 Å². The smallest absolute Gasteiger partial charge is 0.273 e. The van der Waals surface area contributed by atoms with Crippen molar-refractivity contribution in [3.8, 4) is 0 Å². The van der Waals surface area contributed by atoms with E-state index in [1.807, 2.05) is 187 Å². The number of aryl methyl sites for hydroxylation is 9. The van der Waals surface area contributed by atoms with Crippen LogP contribution < -0.4 is 99.5 Å². The molecule has 0 aliphatic carbocycles. The maximum atomic E-state index is 11.9. The van der Waals surface area contributed by atoms with Crippen molar-refractivity contribution in [3.05, 3.63) is 158 Å². The largest absolute Gasteiger partial charge is 0.361 e. The lowest BCUT2D eigenvalue weighted by Crippen LogP contribution is -2.62. The van der Waals surface area contributed by atoms with Gasteiger partial charge in [-0.3, -0.25) is 43.2 Å². The molecule has 0 bridgehead atoms. The second-order valence-electron chi connectivity index (χ2n) is 36.3. The van der Waals surface area contributed by atoms with Gasteiger partial charge >= 0.3 is 0 Å². The van der Waals surface area contributed by atoms with Gasteiger partial charge in [-0.05, 0) is 128 Å². The lowest BCUT2D eigenvalue weighted by molar-refractivity contribution is 0.0861. The zero-order valence-corrected chi connectivity index (χ0v) is 85.3. The fourth-order valence-electron chi connectivity index (χ4n) is 9.10. The van der Waals surface area contributed by atoms with Gasteiger partial charge in [-0.1, -0.05) is 129 Å². The fraction of sp³-hybridized carbons (Fsp3) is 0.609. The Morgan fingerprint density at radius 3 is 0.832 bits per heavy atom. The minimum atomic E-state index is -0.532. The van der Waals surface area contributed by atoms with E-state index in [1.54, 1.807) is 54.6 Å². The van der Waals surface area contributed by atoms with Crippen LogP contribution in [0.15, 0.2) is 95.3 Å². The van der Waals surface area contributed by atoms with Crippen molar-refractivity contribution in [2.45, 2.75) is 303 Å². The van der Waals surface area contributed by atoms with Crippen LogP contribution in [0, 0.1) is 11.3 Å². The average Bonchev–Trinajstić information content (AvgIpc) is 1.79. The highest BCUT2D eigenvalue weighted by molar-refractivity contribution is 5.96. The van der Waals surface area contributed by atoms with E-state index in [1.165, 1.54) is 0 Å². The van der Waals surface area contributed by atoms with Crippen LogP contribution in [0.1, 0.15) is 333 Å². The van der Waals surface area contributed by atoms with E-state index in [-0.39, 0.29) is 94.7 Å². The number of amides is 9. The standard InChI is InChI=1S/C12H21N3O2.2C11H19N3O2.4C10H17N3O2.2C9H15N3O2/c1-6-8-7-9(15-17-8)10(16)14-12(4,5)11(2,3)13;1-5-8-6-9(14-16-8)10(15)13-7(2)11(3,4)12;1-4-8-5-9(14-16-8)10(15)13-7-11(2,3)6-12;1-4-7-5-8(13-15-7)9(14)12-6-10(2,3)11;1-4-7-5-8(13-15-7)9(14)12-10(2,3)6-11;1-4-8-5-9(13-15-8)10(14)12-7(3)6(2)11;1-3-8-4-9(13-15-8)10(14)12-6-7(2)5-11;1-3-7-4-8(12-14-7)9(13)11-5-6(2)10;1-3-7-4-8(12-14-7)9(13)11-6(2)5-10/h7H,6,13H2,1-5H3,(H,14,16);6-7H,5,12H2,1-4H3,(H,13,15);5H,4,6-7,12H2,1-3H3,(H,13,15);2*5H,4,6,11H2,1-3H3,(H,12,14);5-7H,4,11H2,1-3H3,(H,12,14);4,7H,3,5-6,11H2,1-2H3,(H,12,14);2*4,6H,3,5,10H2,1-2H3,(H,11,13). The predicted octanol–water partition coefficient (Wildman–Crippen LogP) is 6.83. The molecule has 0 aromatic carbocycles. The number of nitrogens with one attached hydrogen (secondary N) is 9. The van der Waals surface area contributed by atoms with Crippen molar-refractivity contribution in [2.24, 2.45) is 62.9 Å². The van der Waals surface area contributed by atoms with Gasteiger partial charge in [0.2, 0.25) is 0 Å². The molecule has 9 heterocycles. The molecule has 0 saturated carbocycles. The monoisotopic (exact) mass is 1930 g/mol.